The molecule has 0 amide bonds. The van der Waals surface area contributed by atoms with Gasteiger partial charge in [0.2, 0.25) is 0 Å². The van der Waals surface area contributed by atoms with Crippen LogP contribution in [0.5, 0.6) is 0 Å². The van der Waals surface area contributed by atoms with Crippen molar-refractivity contribution in [2.45, 2.75) is 19.1 Å². The van der Waals surface area contributed by atoms with Crippen LogP contribution in [0.3, 0.4) is 0 Å². The zero-order chi connectivity index (χ0) is 23.0. The zero-order valence-corrected chi connectivity index (χ0v) is 18.0. The number of aliphatic imine (C=N–C) groups is 1. The van der Waals surface area contributed by atoms with E-state index in [9.17, 15) is 15.6 Å². The molecule has 0 fully saturated rings. The van der Waals surface area contributed by atoms with E-state index in [-0.39, 0.29) is 11.4 Å². The molecule has 0 saturated heterocycles. The van der Waals surface area contributed by atoms with Crippen LogP contribution in [0.2, 0.25) is 0 Å². The Labute approximate surface area is 191 Å². The van der Waals surface area contributed by atoms with Crippen molar-refractivity contribution >= 4 is 22.6 Å². The number of benzene rings is 3. The van der Waals surface area contributed by atoms with Gasteiger partial charge in [0, 0.05) is 16.8 Å². The molecule has 3 aromatic carbocycles. The van der Waals surface area contributed by atoms with Gasteiger partial charge in [-0.25, -0.2) is 4.99 Å². The molecule has 1 atom stereocenters. The van der Waals surface area contributed by atoms with Gasteiger partial charge in [-0.1, -0.05) is 72.8 Å². The van der Waals surface area contributed by atoms with Gasteiger partial charge in [-0.05, 0) is 46.9 Å². The quantitative estimate of drug-likeness (QED) is 0.609. The lowest BCUT2D eigenvalue weighted by Crippen LogP contribution is -2.44. The van der Waals surface area contributed by atoms with Crippen molar-refractivity contribution in [2.24, 2.45) is 4.99 Å². The summed E-state index contributed by atoms with van der Waals surface area (Å²) < 4.78 is 0. The minimum Gasteiger partial charge on any atom is -0.363 e. The predicted molar refractivity (Wildman–Crippen MR) is 129 cm³/mol. The normalized spacial score (nSPS) is 20.9. The molecule has 5 heteroatoms. The number of rotatable bonds is 2. The van der Waals surface area contributed by atoms with Gasteiger partial charge in [0.1, 0.15) is 12.1 Å². The molecule has 5 rings (SSSR count). The fourth-order valence-electron chi connectivity index (χ4n) is 4.60. The van der Waals surface area contributed by atoms with E-state index in [4.69, 9.17) is 0 Å². The predicted octanol–water partition coefficient (Wildman–Crippen LogP) is 4.87. The van der Waals surface area contributed by atoms with E-state index in [1.807, 2.05) is 42.5 Å². The van der Waals surface area contributed by atoms with E-state index in [1.165, 1.54) is 16.3 Å². The first-order chi connectivity index (χ1) is 16.0. The maximum absolute atomic E-state index is 12.0. The van der Waals surface area contributed by atoms with Gasteiger partial charge < -0.3 is 10.4 Å². The summed E-state index contributed by atoms with van der Waals surface area (Å²) in [6, 6.07) is 25.5. The molecule has 0 saturated carbocycles. The van der Waals surface area contributed by atoms with Gasteiger partial charge in [0.25, 0.3) is 0 Å². The van der Waals surface area contributed by atoms with E-state index in [0.29, 0.717) is 23.3 Å². The fourth-order valence-corrected chi connectivity index (χ4v) is 4.60. The van der Waals surface area contributed by atoms with Crippen molar-refractivity contribution in [1.82, 2.24) is 5.32 Å². The maximum atomic E-state index is 12.0. The van der Waals surface area contributed by atoms with E-state index >= 15 is 0 Å². The molecule has 1 unspecified atom stereocenters. The molecule has 0 spiro atoms. The van der Waals surface area contributed by atoms with Crippen LogP contribution in [0, 0.1) is 22.7 Å². The second kappa shape index (κ2) is 7.91. The summed E-state index contributed by atoms with van der Waals surface area (Å²) in [6.07, 6.45) is 4.73. The third-order valence-corrected chi connectivity index (χ3v) is 6.10. The Balaban J connectivity index is 1.72. The van der Waals surface area contributed by atoms with Crippen molar-refractivity contribution in [3.8, 4) is 12.1 Å². The van der Waals surface area contributed by atoms with Gasteiger partial charge in [-0.15, -0.1) is 0 Å². The molecule has 1 heterocycles. The number of nitrogens with one attached hydrogen (secondary N) is 1. The summed E-state index contributed by atoms with van der Waals surface area (Å²) in [4.78, 5) is 4.39. The van der Waals surface area contributed by atoms with Crippen LogP contribution in [0.15, 0.2) is 100 Å². The monoisotopic (exact) mass is 428 g/mol. The molecule has 3 aromatic rings. The molecule has 0 bridgehead atoms. The van der Waals surface area contributed by atoms with Crippen LogP contribution >= 0.6 is 0 Å². The smallest absolute Gasteiger partial charge is 0.191 e. The Bertz CT molecular complexity index is 1490. The van der Waals surface area contributed by atoms with Crippen molar-refractivity contribution < 1.29 is 5.11 Å². The van der Waals surface area contributed by atoms with E-state index in [2.05, 4.69) is 46.7 Å². The topological polar surface area (TPSA) is 92.2 Å². The first-order valence-electron chi connectivity index (χ1n) is 10.6. The van der Waals surface area contributed by atoms with Crippen LogP contribution in [-0.2, 0) is 12.1 Å². The fraction of sp³-hybridized carbons (Fsp3) is 0.107. The SMILES string of the molecule is CC1=NC(C#N)=C(C#N)NC(O)(c2ccccc2)/C1=C\C1=Cc2cccc3cccc(c23)C1. The van der Waals surface area contributed by atoms with Crippen LogP contribution in [0.4, 0.5) is 0 Å². The molecule has 1 aliphatic heterocycles. The Kier molecular flexibility index (Phi) is 4.90. The second-order valence-electron chi connectivity index (χ2n) is 8.16. The Morgan fingerprint density at radius 2 is 1.76 bits per heavy atom. The Morgan fingerprint density at radius 1 is 1.00 bits per heavy atom. The summed E-state index contributed by atoms with van der Waals surface area (Å²) in [5.74, 6) is 0. The largest absolute Gasteiger partial charge is 0.363 e. The van der Waals surface area contributed by atoms with Crippen molar-refractivity contribution in [2.75, 3.05) is 0 Å². The van der Waals surface area contributed by atoms with Crippen molar-refractivity contribution in [1.29, 1.82) is 10.5 Å². The minimum absolute atomic E-state index is 0.0551. The van der Waals surface area contributed by atoms with Gasteiger partial charge in [-0.2, -0.15) is 10.5 Å². The maximum Gasteiger partial charge on any atom is 0.191 e. The van der Waals surface area contributed by atoms with Gasteiger partial charge in [-0.3, -0.25) is 0 Å². The summed E-state index contributed by atoms with van der Waals surface area (Å²) in [5, 5.41) is 36.5. The minimum atomic E-state index is -1.73. The standard InChI is InChI=1S/C28H20N4O/c1-18-24(15-19-13-21-9-5-7-20-8-6-10-22(14-19)27(20)21)28(33,23-11-3-2-4-12-23)32-26(17-30)25(16-29)31-18/h2-13,15,32-33H,14H2,1H3/b24-15-. The number of allylic oxidation sites excluding steroid dienone is 4. The molecular weight excluding hydrogens is 408 g/mol. The molecule has 2 aliphatic rings. The van der Waals surface area contributed by atoms with Crippen LogP contribution < -0.4 is 5.32 Å². The van der Waals surface area contributed by atoms with Crippen molar-refractivity contribution in [3.05, 3.63) is 112 Å². The number of nitrogens with zero attached hydrogens (tertiary/aromatic N) is 3. The van der Waals surface area contributed by atoms with Gasteiger partial charge >= 0.3 is 0 Å². The third-order valence-electron chi connectivity index (χ3n) is 6.10. The summed E-state index contributed by atoms with van der Waals surface area (Å²) in [6.45, 7) is 1.75. The van der Waals surface area contributed by atoms with Crippen LogP contribution in [-0.4, -0.2) is 10.8 Å². The first kappa shape index (κ1) is 20.5. The summed E-state index contributed by atoms with van der Waals surface area (Å²) in [7, 11) is 0. The highest BCUT2D eigenvalue weighted by Gasteiger charge is 2.39. The molecule has 158 valence electrons. The lowest BCUT2D eigenvalue weighted by Gasteiger charge is -2.32. The highest BCUT2D eigenvalue weighted by atomic mass is 16.3. The van der Waals surface area contributed by atoms with E-state index in [1.54, 1.807) is 19.1 Å². The van der Waals surface area contributed by atoms with E-state index < -0.39 is 5.72 Å². The summed E-state index contributed by atoms with van der Waals surface area (Å²) in [5.41, 5.74) is 2.98. The number of hydrogen-bond acceptors (Lipinski definition) is 5. The Hall–Kier alpha value is -4.45. The first-order valence-corrected chi connectivity index (χ1v) is 10.6. The summed E-state index contributed by atoms with van der Waals surface area (Å²) >= 11 is 0. The van der Waals surface area contributed by atoms with Gasteiger partial charge in [0.15, 0.2) is 17.1 Å². The second-order valence-corrected chi connectivity index (χ2v) is 8.16. The molecule has 0 radical (unpaired) electrons. The Morgan fingerprint density at radius 3 is 2.48 bits per heavy atom. The van der Waals surface area contributed by atoms with E-state index in [0.717, 1.165) is 11.1 Å². The number of nitriles is 2. The molecular formula is C28H20N4O. The molecule has 0 aromatic heterocycles. The molecule has 33 heavy (non-hydrogen) atoms. The number of aliphatic hydroxyl groups is 1. The average Bonchev–Trinajstić information content (AvgIpc) is 2.95. The average molecular weight is 428 g/mol. The highest BCUT2D eigenvalue weighted by molar-refractivity contribution is 6.03. The number of hydrogen-bond donors (Lipinski definition) is 2. The van der Waals surface area contributed by atoms with Crippen molar-refractivity contribution in [3.63, 3.8) is 0 Å². The zero-order valence-electron chi connectivity index (χ0n) is 18.0. The lowest BCUT2D eigenvalue weighted by atomic mass is 9.85. The van der Waals surface area contributed by atoms with Gasteiger partial charge in [0.05, 0.1) is 0 Å². The third kappa shape index (κ3) is 3.42. The molecule has 1 aliphatic carbocycles. The molecule has 2 N–H and O–H groups in total. The molecule has 5 nitrogen and oxygen atoms in total. The highest BCUT2D eigenvalue weighted by Crippen LogP contribution is 2.36. The lowest BCUT2D eigenvalue weighted by molar-refractivity contribution is 0.0575. The van der Waals surface area contributed by atoms with Crippen LogP contribution in [0.25, 0.3) is 16.8 Å². The van der Waals surface area contributed by atoms with Crippen LogP contribution in [0.1, 0.15) is 23.6 Å².